The van der Waals surface area contributed by atoms with Crippen molar-refractivity contribution in [3.05, 3.63) is 16.1 Å². The molecule has 2 rings (SSSR count). The number of halogens is 2. The molecule has 1 saturated heterocycles. The van der Waals surface area contributed by atoms with Gasteiger partial charge in [-0.2, -0.15) is 0 Å². The SMILES string of the molecule is Cl.Cl.NCCc1nc(C(=O)NCCN2CCOCC2)cs1. The van der Waals surface area contributed by atoms with Crippen molar-refractivity contribution in [3.8, 4) is 0 Å². The van der Waals surface area contributed by atoms with Crippen LogP contribution in [-0.2, 0) is 11.2 Å². The number of nitrogens with zero attached hydrogens (tertiary/aromatic N) is 2. The number of carbonyl (C=O) groups excluding carboxylic acids is 1. The second kappa shape index (κ2) is 11.2. The predicted octanol–water partition coefficient (Wildman–Crippen LogP) is 0.550. The predicted molar refractivity (Wildman–Crippen MR) is 89.0 cm³/mol. The van der Waals surface area contributed by atoms with Gasteiger partial charge in [0.1, 0.15) is 5.69 Å². The molecule has 0 radical (unpaired) electrons. The maximum Gasteiger partial charge on any atom is 0.270 e. The van der Waals surface area contributed by atoms with Crippen molar-refractivity contribution < 1.29 is 9.53 Å². The van der Waals surface area contributed by atoms with Gasteiger partial charge in [-0.3, -0.25) is 9.69 Å². The van der Waals surface area contributed by atoms with Crippen molar-refractivity contribution in [2.75, 3.05) is 45.9 Å². The maximum atomic E-state index is 11.9. The zero-order valence-electron chi connectivity index (χ0n) is 11.7. The Hall–Kier alpha value is -0.440. The lowest BCUT2D eigenvalue weighted by Gasteiger charge is -2.26. The van der Waals surface area contributed by atoms with Crippen molar-refractivity contribution in [1.82, 2.24) is 15.2 Å². The third-order valence-electron chi connectivity index (χ3n) is 2.96. The number of hydrogen-bond acceptors (Lipinski definition) is 6. The van der Waals surface area contributed by atoms with E-state index < -0.39 is 0 Å². The lowest BCUT2D eigenvalue weighted by Crippen LogP contribution is -2.41. The van der Waals surface area contributed by atoms with Crippen molar-refractivity contribution >= 4 is 42.1 Å². The molecule has 0 aliphatic carbocycles. The van der Waals surface area contributed by atoms with Crippen LogP contribution in [0.5, 0.6) is 0 Å². The molecule has 0 spiro atoms. The molecule has 1 aromatic rings. The normalized spacial score (nSPS) is 14.9. The van der Waals surface area contributed by atoms with E-state index in [0.29, 0.717) is 18.8 Å². The first-order chi connectivity index (χ1) is 9.29. The number of amides is 1. The van der Waals surface area contributed by atoms with E-state index in [2.05, 4.69) is 15.2 Å². The molecule has 0 saturated carbocycles. The molecule has 2 heterocycles. The van der Waals surface area contributed by atoms with Gasteiger partial charge in [-0.05, 0) is 6.54 Å². The van der Waals surface area contributed by atoms with Crippen molar-refractivity contribution in [3.63, 3.8) is 0 Å². The van der Waals surface area contributed by atoms with Crippen LogP contribution in [0.3, 0.4) is 0 Å². The summed E-state index contributed by atoms with van der Waals surface area (Å²) in [6.45, 7) is 5.49. The summed E-state index contributed by atoms with van der Waals surface area (Å²) in [5.41, 5.74) is 5.95. The molecule has 122 valence electrons. The molecule has 1 aliphatic heterocycles. The number of rotatable bonds is 6. The van der Waals surface area contributed by atoms with Crippen LogP contribution < -0.4 is 11.1 Å². The van der Waals surface area contributed by atoms with Crippen molar-refractivity contribution in [1.29, 1.82) is 0 Å². The Kier molecular flexibility index (Phi) is 10.9. The van der Waals surface area contributed by atoms with E-state index in [1.807, 2.05) is 0 Å². The number of carbonyl (C=O) groups is 1. The molecular weight excluding hydrogens is 335 g/mol. The summed E-state index contributed by atoms with van der Waals surface area (Å²) in [7, 11) is 0. The number of nitrogens with two attached hydrogens (primary N) is 1. The Morgan fingerprint density at radius 2 is 2.14 bits per heavy atom. The quantitative estimate of drug-likeness (QED) is 0.777. The van der Waals surface area contributed by atoms with Gasteiger partial charge in [-0.15, -0.1) is 36.2 Å². The van der Waals surface area contributed by atoms with Gasteiger partial charge < -0.3 is 15.8 Å². The molecular formula is C12H22Cl2N4O2S. The van der Waals surface area contributed by atoms with Gasteiger partial charge in [0, 0.05) is 38.0 Å². The number of aromatic nitrogens is 1. The van der Waals surface area contributed by atoms with Crippen LogP contribution >= 0.6 is 36.2 Å². The smallest absolute Gasteiger partial charge is 0.270 e. The first kappa shape index (κ1) is 20.6. The summed E-state index contributed by atoms with van der Waals surface area (Å²) in [5.74, 6) is -0.104. The largest absolute Gasteiger partial charge is 0.379 e. The summed E-state index contributed by atoms with van der Waals surface area (Å²) in [5, 5.41) is 5.60. The van der Waals surface area contributed by atoms with Gasteiger partial charge in [0.05, 0.1) is 18.2 Å². The van der Waals surface area contributed by atoms with E-state index >= 15 is 0 Å². The molecule has 0 atom stereocenters. The highest BCUT2D eigenvalue weighted by atomic mass is 35.5. The van der Waals surface area contributed by atoms with E-state index in [0.717, 1.165) is 44.3 Å². The number of ether oxygens (including phenoxy) is 1. The lowest BCUT2D eigenvalue weighted by atomic mass is 10.4. The number of hydrogen-bond donors (Lipinski definition) is 2. The van der Waals surface area contributed by atoms with Gasteiger partial charge in [0.2, 0.25) is 0 Å². The maximum absolute atomic E-state index is 11.9. The van der Waals surface area contributed by atoms with Crippen molar-refractivity contribution in [2.45, 2.75) is 6.42 Å². The molecule has 3 N–H and O–H groups in total. The highest BCUT2D eigenvalue weighted by Crippen LogP contribution is 2.09. The molecule has 0 unspecified atom stereocenters. The lowest BCUT2D eigenvalue weighted by molar-refractivity contribution is 0.0383. The van der Waals surface area contributed by atoms with Gasteiger partial charge in [0.25, 0.3) is 5.91 Å². The van der Waals surface area contributed by atoms with E-state index in [4.69, 9.17) is 10.5 Å². The fourth-order valence-corrected chi connectivity index (χ4v) is 2.69. The second-order valence-corrected chi connectivity index (χ2v) is 5.32. The second-order valence-electron chi connectivity index (χ2n) is 4.38. The minimum Gasteiger partial charge on any atom is -0.379 e. The summed E-state index contributed by atoms with van der Waals surface area (Å²) in [6.07, 6.45) is 0.728. The van der Waals surface area contributed by atoms with Crippen LogP contribution in [0.1, 0.15) is 15.5 Å². The first-order valence-corrected chi connectivity index (χ1v) is 7.40. The van der Waals surface area contributed by atoms with E-state index in [1.54, 1.807) is 5.38 Å². The van der Waals surface area contributed by atoms with Gasteiger partial charge >= 0.3 is 0 Å². The molecule has 0 bridgehead atoms. The van der Waals surface area contributed by atoms with Crippen LogP contribution in [0, 0.1) is 0 Å². The van der Waals surface area contributed by atoms with Crippen LogP contribution in [0.2, 0.25) is 0 Å². The van der Waals surface area contributed by atoms with Crippen LogP contribution in [0.4, 0.5) is 0 Å². The van der Waals surface area contributed by atoms with Crippen LogP contribution in [-0.4, -0.2) is 61.7 Å². The molecule has 1 aliphatic rings. The Morgan fingerprint density at radius 1 is 1.43 bits per heavy atom. The molecule has 6 nitrogen and oxygen atoms in total. The first-order valence-electron chi connectivity index (χ1n) is 6.52. The number of thiazole rings is 1. The Balaban J connectivity index is 0.00000200. The van der Waals surface area contributed by atoms with E-state index in [-0.39, 0.29) is 30.7 Å². The Labute approximate surface area is 141 Å². The highest BCUT2D eigenvalue weighted by molar-refractivity contribution is 7.09. The zero-order chi connectivity index (χ0) is 13.5. The summed E-state index contributed by atoms with van der Waals surface area (Å²) < 4.78 is 5.27. The topological polar surface area (TPSA) is 80.5 Å². The summed E-state index contributed by atoms with van der Waals surface area (Å²) in [6, 6.07) is 0. The third kappa shape index (κ3) is 6.90. The molecule has 9 heteroatoms. The van der Waals surface area contributed by atoms with Gasteiger partial charge in [0.15, 0.2) is 0 Å². The van der Waals surface area contributed by atoms with E-state index in [9.17, 15) is 4.79 Å². The van der Waals surface area contributed by atoms with Gasteiger partial charge in [-0.25, -0.2) is 4.98 Å². The highest BCUT2D eigenvalue weighted by Gasteiger charge is 2.12. The molecule has 1 amide bonds. The van der Waals surface area contributed by atoms with E-state index in [1.165, 1.54) is 11.3 Å². The van der Waals surface area contributed by atoms with Gasteiger partial charge in [-0.1, -0.05) is 0 Å². The van der Waals surface area contributed by atoms with Crippen LogP contribution in [0.25, 0.3) is 0 Å². The fraction of sp³-hybridized carbons (Fsp3) is 0.667. The monoisotopic (exact) mass is 356 g/mol. The zero-order valence-corrected chi connectivity index (χ0v) is 14.2. The standard InChI is InChI=1S/C12H20N4O2S.2ClH/c13-2-1-11-15-10(9-19-11)12(17)14-3-4-16-5-7-18-8-6-16;;/h9H,1-8,13H2,(H,14,17);2*1H. The van der Waals surface area contributed by atoms with Crippen LogP contribution in [0.15, 0.2) is 5.38 Å². The molecule has 1 aromatic heterocycles. The Morgan fingerprint density at radius 3 is 2.81 bits per heavy atom. The summed E-state index contributed by atoms with van der Waals surface area (Å²) in [4.78, 5) is 18.4. The average Bonchev–Trinajstić information content (AvgIpc) is 2.89. The number of nitrogens with one attached hydrogen (secondary N) is 1. The molecule has 21 heavy (non-hydrogen) atoms. The summed E-state index contributed by atoms with van der Waals surface area (Å²) >= 11 is 1.49. The third-order valence-corrected chi connectivity index (χ3v) is 3.87. The minimum absolute atomic E-state index is 0. The van der Waals surface area contributed by atoms with Crippen molar-refractivity contribution in [2.24, 2.45) is 5.73 Å². The molecule has 0 aromatic carbocycles. The molecule has 1 fully saturated rings. The Bertz CT molecular complexity index is 414. The number of morpholine rings is 1. The average molecular weight is 357 g/mol. The minimum atomic E-state index is -0.104. The fourth-order valence-electron chi connectivity index (χ4n) is 1.90.